The van der Waals surface area contributed by atoms with Crippen LogP contribution < -0.4 is 4.74 Å². The molecule has 136 valence electrons. The maximum Gasteiger partial charge on any atom is 0.119 e. The Morgan fingerprint density at radius 3 is 2.12 bits per heavy atom. The van der Waals surface area contributed by atoms with Crippen molar-refractivity contribution < 1.29 is 4.74 Å². The lowest BCUT2D eigenvalue weighted by Gasteiger charge is -2.29. The summed E-state index contributed by atoms with van der Waals surface area (Å²) < 4.78 is 5.87. The van der Waals surface area contributed by atoms with E-state index < -0.39 is 0 Å². The molecule has 1 aliphatic rings. The van der Waals surface area contributed by atoms with Gasteiger partial charge in [0.15, 0.2) is 0 Å². The van der Waals surface area contributed by atoms with E-state index >= 15 is 0 Å². The Hall–Kier alpha value is -0.980. The van der Waals surface area contributed by atoms with Crippen molar-refractivity contribution in [2.75, 3.05) is 6.61 Å². The third-order valence-corrected chi connectivity index (χ3v) is 5.68. The molecule has 0 heterocycles. The fourth-order valence-corrected chi connectivity index (χ4v) is 4.02. The van der Waals surface area contributed by atoms with Crippen molar-refractivity contribution in [3.05, 3.63) is 29.8 Å². The highest BCUT2D eigenvalue weighted by molar-refractivity contribution is 5.29. The summed E-state index contributed by atoms with van der Waals surface area (Å²) in [6, 6.07) is 8.98. The van der Waals surface area contributed by atoms with Crippen molar-refractivity contribution in [1.29, 1.82) is 0 Å². The van der Waals surface area contributed by atoms with Crippen LogP contribution in [-0.2, 0) is 0 Å². The summed E-state index contributed by atoms with van der Waals surface area (Å²) in [5.74, 6) is 2.83. The molecule has 0 bridgehead atoms. The van der Waals surface area contributed by atoms with Gasteiger partial charge in [0, 0.05) is 0 Å². The van der Waals surface area contributed by atoms with Gasteiger partial charge in [-0.2, -0.15) is 0 Å². The highest BCUT2D eigenvalue weighted by Crippen LogP contribution is 2.38. The van der Waals surface area contributed by atoms with E-state index in [1.807, 2.05) is 0 Å². The molecule has 1 saturated carbocycles. The first-order valence-corrected chi connectivity index (χ1v) is 10.6. The predicted octanol–water partition coefficient (Wildman–Crippen LogP) is 7.50. The number of unbranched alkanes of at least 4 members (excludes halogenated alkanes) is 5. The van der Waals surface area contributed by atoms with Crippen molar-refractivity contribution in [2.24, 2.45) is 5.92 Å². The number of hydrogen-bond donors (Lipinski definition) is 0. The van der Waals surface area contributed by atoms with Gasteiger partial charge in [-0.15, -0.1) is 0 Å². The van der Waals surface area contributed by atoms with Crippen LogP contribution in [0.3, 0.4) is 0 Å². The lowest BCUT2D eigenvalue weighted by atomic mass is 9.77. The highest BCUT2D eigenvalue weighted by atomic mass is 16.5. The van der Waals surface area contributed by atoms with Gasteiger partial charge in [-0.1, -0.05) is 70.9 Å². The molecule has 0 atom stereocenters. The van der Waals surface area contributed by atoms with Crippen molar-refractivity contribution in [2.45, 2.75) is 96.8 Å². The van der Waals surface area contributed by atoms with Gasteiger partial charge >= 0.3 is 0 Å². The largest absolute Gasteiger partial charge is 0.494 e. The van der Waals surface area contributed by atoms with Crippen LogP contribution in [0, 0.1) is 5.92 Å². The summed E-state index contributed by atoms with van der Waals surface area (Å²) in [5, 5.41) is 0. The molecule has 1 heteroatoms. The monoisotopic (exact) mass is 330 g/mol. The van der Waals surface area contributed by atoms with E-state index in [-0.39, 0.29) is 0 Å². The topological polar surface area (TPSA) is 9.23 Å². The Labute approximate surface area is 150 Å². The van der Waals surface area contributed by atoms with E-state index in [0.29, 0.717) is 0 Å². The summed E-state index contributed by atoms with van der Waals surface area (Å²) in [7, 11) is 0. The summed E-state index contributed by atoms with van der Waals surface area (Å²) >= 11 is 0. The Bertz CT molecular complexity index is 414. The lowest BCUT2D eigenvalue weighted by Crippen LogP contribution is -2.13. The molecule has 0 unspecified atom stereocenters. The molecule has 0 N–H and O–H groups in total. The Balaban J connectivity index is 1.68. The third kappa shape index (κ3) is 6.87. The molecule has 0 radical (unpaired) electrons. The molecule has 0 aliphatic heterocycles. The fraction of sp³-hybridized carbons (Fsp3) is 0.739. The van der Waals surface area contributed by atoms with Crippen molar-refractivity contribution in [3.63, 3.8) is 0 Å². The van der Waals surface area contributed by atoms with Gasteiger partial charge in [0.1, 0.15) is 5.75 Å². The van der Waals surface area contributed by atoms with Crippen LogP contribution in [0.4, 0.5) is 0 Å². The van der Waals surface area contributed by atoms with Crippen LogP contribution in [0.1, 0.15) is 102 Å². The number of rotatable bonds is 11. The van der Waals surface area contributed by atoms with Gasteiger partial charge in [0.25, 0.3) is 0 Å². The molecule has 0 spiro atoms. The molecular weight excluding hydrogens is 292 g/mol. The molecule has 0 amide bonds. The molecule has 2 rings (SSSR count). The minimum Gasteiger partial charge on any atom is -0.494 e. The molecule has 24 heavy (non-hydrogen) atoms. The van der Waals surface area contributed by atoms with Crippen molar-refractivity contribution in [3.8, 4) is 5.75 Å². The Morgan fingerprint density at radius 1 is 0.792 bits per heavy atom. The first kappa shape index (κ1) is 19.3. The second-order valence-electron chi connectivity index (χ2n) is 7.69. The predicted molar refractivity (Wildman–Crippen MR) is 105 cm³/mol. The zero-order valence-corrected chi connectivity index (χ0v) is 16.1. The smallest absolute Gasteiger partial charge is 0.119 e. The molecule has 1 aromatic carbocycles. The maximum atomic E-state index is 5.87. The van der Waals surface area contributed by atoms with Crippen molar-refractivity contribution in [1.82, 2.24) is 0 Å². The molecule has 1 aliphatic carbocycles. The fourth-order valence-electron chi connectivity index (χ4n) is 4.02. The Morgan fingerprint density at radius 2 is 1.46 bits per heavy atom. The van der Waals surface area contributed by atoms with E-state index in [0.717, 1.165) is 24.2 Å². The first-order valence-electron chi connectivity index (χ1n) is 10.6. The summed E-state index contributed by atoms with van der Waals surface area (Å²) in [4.78, 5) is 0. The van der Waals surface area contributed by atoms with Gasteiger partial charge in [-0.05, 0) is 61.6 Å². The lowest BCUT2D eigenvalue weighted by molar-refractivity contribution is 0.300. The SMILES string of the molecule is CCCCCCOc1ccc(C2CCC(CCCCC)CC2)cc1. The normalized spacial score (nSPS) is 20.9. The molecule has 1 aromatic rings. The van der Waals surface area contributed by atoms with Gasteiger partial charge in [0.05, 0.1) is 6.61 Å². The van der Waals surface area contributed by atoms with E-state index in [1.165, 1.54) is 82.6 Å². The zero-order chi connectivity index (χ0) is 17.0. The van der Waals surface area contributed by atoms with Crippen LogP contribution in [0.15, 0.2) is 24.3 Å². The quantitative estimate of drug-likeness (QED) is 0.382. The van der Waals surface area contributed by atoms with E-state index in [2.05, 4.69) is 38.1 Å². The number of benzene rings is 1. The highest BCUT2D eigenvalue weighted by Gasteiger charge is 2.21. The van der Waals surface area contributed by atoms with Gasteiger partial charge in [-0.3, -0.25) is 0 Å². The molecule has 1 nitrogen and oxygen atoms in total. The summed E-state index contributed by atoms with van der Waals surface area (Å²) in [5.41, 5.74) is 1.53. The van der Waals surface area contributed by atoms with E-state index in [9.17, 15) is 0 Å². The van der Waals surface area contributed by atoms with Gasteiger partial charge in [0.2, 0.25) is 0 Å². The molecule has 0 saturated heterocycles. The van der Waals surface area contributed by atoms with E-state index in [4.69, 9.17) is 4.74 Å². The second kappa shape index (κ2) is 11.6. The Kier molecular flexibility index (Phi) is 9.31. The van der Waals surface area contributed by atoms with Crippen LogP contribution in [0.5, 0.6) is 5.75 Å². The third-order valence-electron chi connectivity index (χ3n) is 5.68. The number of ether oxygens (including phenoxy) is 1. The molecular formula is C23H38O. The van der Waals surface area contributed by atoms with Crippen molar-refractivity contribution >= 4 is 0 Å². The van der Waals surface area contributed by atoms with Crippen LogP contribution in [0.25, 0.3) is 0 Å². The average Bonchev–Trinajstić information content (AvgIpc) is 2.63. The zero-order valence-electron chi connectivity index (χ0n) is 16.1. The van der Waals surface area contributed by atoms with Crippen LogP contribution >= 0.6 is 0 Å². The molecule has 1 fully saturated rings. The minimum absolute atomic E-state index is 0.783. The van der Waals surface area contributed by atoms with Gasteiger partial charge < -0.3 is 4.74 Å². The number of hydrogen-bond acceptors (Lipinski definition) is 1. The molecule has 0 aromatic heterocycles. The average molecular weight is 331 g/mol. The van der Waals surface area contributed by atoms with Crippen LogP contribution in [0.2, 0.25) is 0 Å². The first-order chi connectivity index (χ1) is 11.8. The van der Waals surface area contributed by atoms with Crippen LogP contribution in [-0.4, -0.2) is 6.61 Å². The maximum absolute atomic E-state index is 5.87. The van der Waals surface area contributed by atoms with E-state index in [1.54, 1.807) is 0 Å². The summed E-state index contributed by atoms with van der Waals surface area (Å²) in [6.45, 7) is 5.41. The standard InChI is InChI=1S/C23H38O/c1-3-5-7-9-19-24-23-17-15-22(16-18-23)21-13-11-20(12-14-21)10-8-6-4-2/h15-18,20-21H,3-14,19H2,1-2H3. The minimum atomic E-state index is 0.783. The summed E-state index contributed by atoms with van der Waals surface area (Å²) in [6.07, 6.45) is 16.4. The second-order valence-corrected chi connectivity index (χ2v) is 7.69. The van der Waals surface area contributed by atoms with Gasteiger partial charge in [-0.25, -0.2) is 0 Å².